The molecule has 160 valence electrons. The van der Waals surface area contributed by atoms with Crippen molar-refractivity contribution in [1.29, 1.82) is 0 Å². The van der Waals surface area contributed by atoms with Gasteiger partial charge in [-0.2, -0.15) is 13.2 Å². The van der Waals surface area contributed by atoms with E-state index in [4.69, 9.17) is 0 Å². The van der Waals surface area contributed by atoms with Crippen LogP contribution in [0.1, 0.15) is 12.0 Å². The quantitative estimate of drug-likeness (QED) is 0.641. The van der Waals surface area contributed by atoms with Gasteiger partial charge in [-0.1, -0.05) is 0 Å². The fourth-order valence-electron chi connectivity index (χ4n) is 2.58. The van der Waals surface area contributed by atoms with Crippen LogP contribution < -0.4 is 15.4 Å². The Balaban J connectivity index is 1.61. The average molecular weight is 450 g/mol. The Morgan fingerprint density at radius 3 is 2.33 bits per heavy atom. The summed E-state index contributed by atoms with van der Waals surface area (Å²) in [6, 6.07) is 7.33. The molecule has 1 aliphatic rings. The van der Waals surface area contributed by atoms with Gasteiger partial charge < -0.3 is 15.4 Å². The summed E-state index contributed by atoms with van der Waals surface area (Å²) in [5.74, 6) is -1.68. The second-order valence-corrected chi connectivity index (χ2v) is 7.37. The maximum absolute atomic E-state index is 12.8. The molecule has 0 aromatic heterocycles. The minimum absolute atomic E-state index is 0.0109. The van der Waals surface area contributed by atoms with E-state index in [1.165, 1.54) is 18.2 Å². The van der Waals surface area contributed by atoms with Gasteiger partial charge in [0, 0.05) is 17.0 Å². The zero-order chi connectivity index (χ0) is 22.1. The molecule has 30 heavy (non-hydrogen) atoms. The van der Waals surface area contributed by atoms with E-state index in [1.807, 2.05) is 0 Å². The van der Waals surface area contributed by atoms with Crippen LogP contribution >= 0.6 is 11.8 Å². The molecule has 0 fully saturated rings. The second-order valence-electron chi connectivity index (χ2n) is 6.13. The standard InChI is InChI=1S/C18H12F6N2O3S/c19-17(20,21)9-1-6-13-12(7-9)26-16(28)14(30-13)8-15(27)25-10-2-4-11(5-3-10)29-18(22,23)24/h1-7,14H,8H2,(H,25,27)(H,26,28)/t14-/m0/s1. The lowest BCUT2D eigenvalue weighted by atomic mass is 10.1. The van der Waals surface area contributed by atoms with E-state index in [-0.39, 0.29) is 17.8 Å². The summed E-state index contributed by atoms with van der Waals surface area (Å²) in [6.07, 6.45) is -9.69. The Hall–Kier alpha value is -2.89. The van der Waals surface area contributed by atoms with E-state index in [1.54, 1.807) is 0 Å². The smallest absolute Gasteiger partial charge is 0.406 e. The van der Waals surface area contributed by atoms with Gasteiger partial charge in [0.25, 0.3) is 0 Å². The van der Waals surface area contributed by atoms with Crippen LogP contribution in [-0.4, -0.2) is 23.4 Å². The largest absolute Gasteiger partial charge is 0.573 e. The first-order valence-electron chi connectivity index (χ1n) is 8.25. The third-order valence-corrected chi connectivity index (χ3v) is 5.14. The molecule has 5 nitrogen and oxygen atoms in total. The van der Waals surface area contributed by atoms with Crippen molar-refractivity contribution < 1.29 is 40.7 Å². The van der Waals surface area contributed by atoms with Crippen LogP contribution in [0, 0.1) is 0 Å². The summed E-state index contributed by atoms with van der Waals surface area (Å²) in [4.78, 5) is 24.7. The summed E-state index contributed by atoms with van der Waals surface area (Å²) in [5.41, 5.74) is -0.709. The minimum atomic E-state index is -4.84. The molecule has 0 saturated carbocycles. The molecule has 12 heteroatoms. The van der Waals surface area contributed by atoms with E-state index >= 15 is 0 Å². The molecule has 2 aromatic rings. The first-order chi connectivity index (χ1) is 13.9. The molecule has 0 saturated heterocycles. The van der Waals surface area contributed by atoms with Gasteiger partial charge in [0.2, 0.25) is 11.8 Å². The maximum Gasteiger partial charge on any atom is 0.573 e. The number of amides is 2. The molecular weight excluding hydrogens is 438 g/mol. The zero-order valence-corrected chi connectivity index (χ0v) is 15.5. The van der Waals surface area contributed by atoms with E-state index < -0.39 is 40.9 Å². The molecule has 2 N–H and O–H groups in total. The summed E-state index contributed by atoms with van der Waals surface area (Å²) in [6.45, 7) is 0. The lowest BCUT2D eigenvalue weighted by molar-refractivity contribution is -0.274. The number of thioether (sulfide) groups is 1. The average Bonchev–Trinajstić information content (AvgIpc) is 2.61. The number of anilines is 2. The number of hydrogen-bond donors (Lipinski definition) is 2. The number of ether oxygens (including phenoxy) is 1. The Morgan fingerprint density at radius 2 is 1.73 bits per heavy atom. The van der Waals surface area contributed by atoms with Gasteiger partial charge in [0.05, 0.1) is 16.5 Å². The fourth-order valence-corrected chi connectivity index (χ4v) is 3.67. The summed E-state index contributed by atoms with van der Waals surface area (Å²) >= 11 is 0.947. The second kappa shape index (κ2) is 8.09. The van der Waals surface area contributed by atoms with Gasteiger partial charge in [0.15, 0.2) is 0 Å². The number of carbonyl (C=O) groups is 2. The van der Waals surface area contributed by atoms with E-state index in [0.717, 1.165) is 36.0 Å². The number of fused-ring (bicyclic) bond motifs is 1. The normalized spacial score (nSPS) is 16.5. The molecule has 2 amide bonds. The first kappa shape index (κ1) is 21.8. The van der Waals surface area contributed by atoms with Crippen molar-refractivity contribution in [3.63, 3.8) is 0 Å². The van der Waals surface area contributed by atoms with Gasteiger partial charge in [-0.25, -0.2) is 0 Å². The molecule has 0 spiro atoms. The Morgan fingerprint density at radius 1 is 1.07 bits per heavy atom. The number of hydrogen-bond acceptors (Lipinski definition) is 4. The Bertz CT molecular complexity index is 960. The maximum atomic E-state index is 12.8. The lowest BCUT2D eigenvalue weighted by Crippen LogP contribution is -2.32. The van der Waals surface area contributed by atoms with Gasteiger partial charge in [-0.15, -0.1) is 24.9 Å². The van der Waals surface area contributed by atoms with Crippen molar-refractivity contribution in [3.8, 4) is 5.75 Å². The van der Waals surface area contributed by atoms with Crippen LogP contribution in [0.25, 0.3) is 0 Å². The van der Waals surface area contributed by atoms with Gasteiger partial charge in [-0.3, -0.25) is 9.59 Å². The molecule has 3 rings (SSSR count). The van der Waals surface area contributed by atoms with Crippen molar-refractivity contribution in [1.82, 2.24) is 0 Å². The van der Waals surface area contributed by atoms with E-state index in [0.29, 0.717) is 4.90 Å². The van der Waals surface area contributed by atoms with Crippen LogP contribution in [0.15, 0.2) is 47.4 Å². The Labute approximate surface area is 169 Å². The van der Waals surface area contributed by atoms with Crippen LogP contribution in [0.4, 0.5) is 37.7 Å². The summed E-state index contributed by atoms with van der Waals surface area (Å²) in [7, 11) is 0. The molecule has 0 aliphatic carbocycles. The van der Waals surface area contributed by atoms with Crippen LogP contribution in [0.2, 0.25) is 0 Å². The number of carbonyl (C=O) groups excluding carboxylic acids is 2. The fraction of sp³-hybridized carbons (Fsp3) is 0.222. The molecule has 2 aromatic carbocycles. The number of benzene rings is 2. The highest BCUT2D eigenvalue weighted by atomic mass is 32.2. The number of nitrogens with one attached hydrogen (secondary N) is 2. The number of halogens is 6. The molecule has 1 aliphatic heterocycles. The lowest BCUT2D eigenvalue weighted by Gasteiger charge is -2.24. The van der Waals surface area contributed by atoms with Crippen molar-refractivity contribution in [2.75, 3.05) is 10.6 Å². The van der Waals surface area contributed by atoms with Gasteiger partial charge >= 0.3 is 12.5 Å². The minimum Gasteiger partial charge on any atom is -0.406 e. The summed E-state index contributed by atoms with van der Waals surface area (Å²) in [5, 5.41) is 3.91. The van der Waals surface area contributed by atoms with Crippen LogP contribution in [0.3, 0.4) is 0 Å². The highest BCUT2D eigenvalue weighted by Crippen LogP contribution is 2.40. The molecule has 0 bridgehead atoms. The van der Waals surface area contributed by atoms with Gasteiger partial charge in [-0.05, 0) is 42.5 Å². The highest BCUT2D eigenvalue weighted by molar-refractivity contribution is 8.01. The van der Waals surface area contributed by atoms with Crippen molar-refractivity contribution >= 4 is 35.0 Å². The predicted octanol–water partition coefficient (Wildman–Crippen LogP) is 5.05. The van der Waals surface area contributed by atoms with Crippen LogP contribution in [-0.2, 0) is 15.8 Å². The molecular formula is C18H12F6N2O3S. The summed E-state index contributed by atoms with van der Waals surface area (Å²) < 4.78 is 78.5. The SMILES string of the molecule is O=C(C[C@@H]1Sc2ccc(C(F)(F)F)cc2NC1=O)Nc1ccc(OC(F)(F)F)cc1. The monoisotopic (exact) mass is 450 g/mol. The number of rotatable bonds is 4. The highest BCUT2D eigenvalue weighted by Gasteiger charge is 2.34. The molecule has 1 heterocycles. The molecule has 0 radical (unpaired) electrons. The molecule has 0 unspecified atom stereocenters. The number of alkyl halides is 6. The predicted molar refractivity (Wildman–Crippen MR) is 96.1 cm³/mol. The van der Waals surface area contributed by atoms with Crippen molar-refractivity contribution in [2.24, 2.45) is 0 Å². The topological polar surface area (TPSA) is 67.4 Å². The van der Waals surface area contributed by atoms with Crippen molar-refractivity contribution in [2.45, 2.75) is 29.1 Å². The first-order valence-corrected chi connectivity index (χ1v) is 9.13. The van der Waals surface area contributed by atoms with E-state index in [9.17, 15) is 35.9 Å². The van der Waals surface area contributed by atoms with Gasteiger partial charge in [0.1, 0.15) is 5.75 Å². The van der Waals surface area contributed by atoms with Crippen molar-refractivity contribution in [3.05, 3.63) is 48.0 Å². The van der Waals surface area contributed by atoms with E-state index in [2.05, 4.69) is 15.4 Å². The third kappa shape index (κ3) is 5.59. The third-order valence-electron chi connectivity index (χ3n) is 3.87. The molecule has 1 atom stereocenters. The van der Waals surface area contributed by atoms with Crippen LogP contribution in [0.5, 0.6) is 5.75 Å². The zero-order valence-electron chi connectivity index (χ0n) is 14.7. The Kier molecular flexibility index (Phi) is 5.88.